The number of rotatable bonds is 7. The second kappa shape index (κ2) is 8.42. The first-order valence-electron chi connectivity index (χ1n) is 6.69. The Morgan fingerprint density at radius 2 is 2.22 bits per heavy atom. The van der Waals surface area contributed by atoms with Crippen LogP contribution >= 0.6 is 0 Å². The maximum atomic E-state index is 11.7. The Kier molecular flexibility index (Phi) is 7.19. The fourth-order valence-corrected chi connectivity index (χ4v) is 2.42. The number of hydrogen-bond donors (Lipinski definition) is 3. The minimum absolute atomic E-state index is 0.0637. The van der Waals surface area contributed by atoms with Gasteiger partial charge in [-0.15, -0.1) is 0 Å². The summed E-state index contributed by atoms with van der Waals surface area (Å²) < 4.78 is 5.51. The number of likely N-dealkylation sites (tertiary alicyclic amines) is 1. The van der Waals surface area contributed by atoms with Crippen LogP contribution in [0.25, 0.3) is 0 Å². The second-order valence-corrected chi connectivity index (χ2v) is 4.64. The van der Waals surface area contributed by atoms with Crippen molar-refractivity contribution >= 4 is 5.91 Å². The Morgan fingerprint density at radius 3 is 2.72 bits per heavy atom. The van der Waals surface area contributed by atoms with Crippen molar-refractivity contribution in [3.8, 4) is 0 Å². The number of carbonyl (C=O) groups is 1. The molecule has 0 saturated carbocycles. The Hall–Kier alpha value is -0.690. The van der Waals surface area contributed by atoms with Gasteiger partial charge in [-0.3, -0.25) is 15.1 Å². The molecule has 1 amide bonds. The van der Waals surface area contributed by atoms with E-state index in [4.69, 9.17) is 15.7 Å². The van der Waals surface area contributed by atoms with Crippen LogP contribution in [0.15, 0.2) is 0 Å². The summed E-state index contributed by atoms with van der Waals surface area (Å²) in [6, 6.07) is -0.126. The number of ether oxygens (including phenoxy) is 1. The molecule has 0 radical (unpaired) electrons. The van der Waals surface area contributed by atoms with Crippen molar-refractivity contribution in [2.75, 3.05) is 26.3 Å². The lowest BCUT2D eigenvalue weighted by molar-refractivity contribution is -0.128. The molecule has 1 aliphatic heterocycles. The van der Waals surface area contributed by atoms with Crippen molar-refractivity contribution in [3.05, 3.63) is 0 Å². The average Bonchev–Trinajstić information content (AvgIpc) is 2.42. The van der Waals surface area contributed by atoms with E-state index in [0.29, 0.717) is 6.61 Å². The lowest BCUT2D eigenvalue weighted by Crippen LogP contribution is -2.52. The van der Waals surface area contributed by atoms with Gasteiger partial charge in [0.2, 0.25) is 0 Å². The van der Waals surface area contributed by atoms with Crippen LogP contribution < -0.4 is 11.3 Å². The summed E-state index contributed by atoms with van der Waals surface area (Å²) in [5, 5.41) is 8.71. The quantitative estimate of drug-likeness (QED) is 0.329. The number of carbonyl (C=O) groups excluding carboxylic acids is 1. The molecule has 0 spiro atoms. The first-order chi connectivity index (χ1) is 8.72. The topological polar surface area (TPSA) is 87.8 Å². The van der Waals surface area contributed by atoms with Gasteiger partial charge < -0.3 is 9.84 Å². The minimum atomic E-state index is -0.126. The zero-order valence-electron chi connectivity index (χ0n) is 11.1. The number of piperidine rings is 1. The Bertz CT molecular complexity index is 243. The van der Waals surface area contributed by atoms with Gasteiger partial charge in [0.15, 0.2) is 0 Å². The van der Waals surface area contributed by atoms with E-state index in [1.54, 1.807) is 0 Å². The van der Waals surface area contributed by atoms with E-state index in [-0.39, 0.29) is 24.7 Å². The highest BCUT2D eigenvalue weighted by molar-refractivity contribution is 5.81. The van der Waals surface area contributed by atoms with E-state index in [9.17, 15) is 4.79 Å². The number of hydrazine groups is 1. The maximum Gasteiger partial charge on any atom is 0.251 e. The van der Waals surface area contributed by atoms with Gasteiger partial charge in [0.25, 0.3) is 5.91 Å². The molecular weight excluding hydrogens is 234 g/mol. The Morgan fingerprint density at radius 1 is 1.56 bits per heavy atom. The summed E-state index contributed by atoms with van der Waals surface area (Å²) in [7, 11) is 0. The van der Waals surface area contributed by atoms with E-state index >= 15 is 0 Å². The summed E-state index contributed by atoms with van der Waals surface area (Å²) in [5.74, 6) is 5.12. The molecule has 1 unspecified atom stereocenters. The van der Waals surface area contributed by atoms with Crippen LogP contribution in [-0.2, 0) is 9.53 Å². The van der Waals surface area contributed by atoms with E-state index < -0.39 is 0 Å². The summed E-state index contributed by atoms with van der Waals surface area (Å²) >= 11 is 0. The fourth-order valence-electron chi connectivity index (χ4n) is 2.42. The highest BCUT2D eigenvalue weighted by Crippen LogP contribution is 2.18. The normalized spacial score (nSPS) is 19.7. The maximum absolute atomic E-state index is 11.7. The molecule has 0 aromatic heterocycles. The van der Waals surface area contributed by atoms with Crippen molar-refractivity contribution in [1.82, 2.24) is 10.3 Å². The molecule has 1 fully saturated rings. The van der Waals surface area contributed by atoms with Gasteiger partial charge in [-0.2, -0.15) is 0 Å². The molecule has 1 rings (SSSR count). The van der Waals surface area contributed by atoms with Crippen LogP contribution in [0.3, 0.4) is 0 Å². The summed E-state index contributed by atoms with van der Waals surface area (Å²) in [6.45, 7) is 4.21. The summed E-state index contributed by atoms with van der Waals surface area (Å²) in [5.41, 5.74) is 2.25. The SMILES string of the molecule is CCCC(C(=O)NN)N1CCC(OCCO)CC1. The molecule has 0 aromatic rings. The highest BCUT2D eigenvalue weighted by Gasteiger charge is 2.28. The number of amides is 1. The molecule has 1 saturated heterocycles. The van der Waals surface area contributed by atoms with Gasteiger partial charge in [-0.1, -0.05) is 13.3 Å². The lowest BCUT2D eigenvalue weighted by atomic mass is 10.0. The lowest BCUT2D eigenvalue weighted by Gasteiger charge is -2.36. The standard InChI is InChI=1S/C12H25N3O3/c1-2-3-11(12(17)14-13)15-6-4-10(5-7-15)18-9-8-16/h10-11,16H,2-9,13H2,1H3,(H,14,17). The van der Waals surface area contributed by atoms with Gasteiger partial charge in [0, 0.05) is 13.1 Å². The van der Waals surface area contributed by atoms with Gasteiger partial charge in [-0.25, -0.2) is 5.84 Å². The third-order valence-electron chi connectivity index (χ3n) is 3.37. The summed E-state index contributed by atoms with van der Waals surface area (Å²) in [4.78, 5) is 13.9. The van der Waals surface area contributed by atoms with Crippen molar-refractivity contribution in [2.24, 2.45) is 5.84 Å². The number of nitrogens with zero attached hydrogens (tertiary/aromatic N) is 1. The van der Waals surface area contributed by atoms with Crippen molar-refractivity contribution in [1.29, 1.82) is 0 Å². The van der Waals surface area contributed by atoms with Gasteiger partial charge in [0.05, 0.1) is 25.4 Å². The number of nitrogens with two attached hydrogens (primary N) is 1. The van der Waals surface area contributed by atoms with Crippen LogP contribution in [0.4, 0.5) is 0 Å². The first-order valence-corrected chi connectivity index (χ1v) is 6.69. The van der Waals surface area contributed by atoms with Crippen LogP contribution in [-0.4, -0.2) is 54.4 Å². The molecular formula is C12H25N3O3. The average molecular weight is 259 g/mol. The zero-order valence-corrected chi connectivity index (χ0v) is 11.1. The molecule has 0 aliphatic carbocycles. The Balaban J connectivity index is 2.41. The third kappa shape index (κ3) is 4.53. The molecule has 106 valence electrons. The molecule has 6 heteroatoms. The predicted molar refractivity (Wildman–Crippen MR) is 68.7 cm³/mol. The van der Waals surface area contributed by atoms with Gasteiger partial charge in [0.1, 0.15) is 0 Å². The molecule has 18 heavy (non-hydrogen) atoms. The number of aliphatic hydroxyl groups excluding tert-OH is 1. The summed E-state index contributed by atoms with van der Waals surface area (Å²) in [6.07, 6.45) is 3.79. The smallest absolute Gasteiger partial charge is 0.251 e. The third-order valence-corrected chi connectivity index (χ3v) is 3.37. The predicted octanol–water partition coefficient (Wildman–Crippen LogP) is -0.382. The van der Waals surface area contributed by atoms with Gasteiger partial charge in [-0.05, 0) is 19.3 Å². The number of nitrogens with one attached hydrogen (secondary N) is 1. The molecule has 1 atom stereocenters. The van der Waals surface area contributed by atoms with E-state index in [0.717, 1.165) is 38.8 Å². The van der Waals surface area contributed by atoms with Crippen molar-refractivity contribution in [3.63, 3.8) is 0 Å². The monoisotopic (exact) mass is 259 g/mol. The van der Waals surface area contributed by atoms with Crippen LogP contribution in [0, 0.1) is 0 Å². The van der Waals surface area contributed by atoms with E-state index in [1.807, 2.05) is 0 Å². The molecule has 1 heterocycles. The minimum Gasteiger partial charge on any atom is -0.394 e. The molecule has 6 nitrogen and oxygen atoms in total. The van der Waals surface area contributed by atoms with Gasteiger partial charge >= 0.3 is 0 Å². The molecule has 0 aromatic carbocycles. The van der Waals surface area contributed by atoms with E-state index in [1.165, 1.54) is 0 Å². The Labute approximate surface area is 108 Å². The van der Waals surface area contributed by atoms with Crippen LogP contribution in [0.1, 0.15) is 32.6 Å². The molecule has 0 bridgehead atoms. The molecule has 4 N–H and O–H groups in total. The highest BCUT2D eigenvalue weighted by atomic mass is 16.5. The molecule has 1 aliphatic rings. The van der Waals surface area contributed by atoms with Crippen LogP contribution in [0.2, 0.25) is 0 Å². The largest absolute Gasteiger partial charge is 0.394 e. The number of aliphatic hydroxyl groups is 1. The van der Waals surface area contributed by atoms with Crippen molar-refractivity contribution in [2.45, 2.75) is 44.8 Å². The van der Waals surface area contributed by atoms with Crippen LogP contribution in [0.5, 0.6) is 0 Å². The van der Waals surface area contributed by atoms with Crippen molar-refractivity contribution < 1.29 is 14.6 Å². The number of hydrogen-bond acceptors (Lipinski definition) is 5. The fraction of sp³-hybridized carbons (Fsp3) is 0.917. The second-order valence-electron chi connectivity index (χ2n) is 4.64. The van der Waals surface area contributed by atoms with E-state index in [2.05, 4.69) is 17.2 Å². The zero-order chi connectivity index (χ0) is 13.4. The first kappa shape index (κ1) is 15.4.